The van der Waals surface area contributed by atoms with Crippen molar-refractivity contribution in [2.45, 2.75) is 19.3 Å². The van der Waals surface area contributed by atoms with Crippen LogP contribution < -0.4 is 4.90 Å². The number of morpholine rings is 1. The number of anilines is 1. The maximum absolute atomic E-state index is 12.9. The van der Waals surface area contributed by atoms with Crippen molar-refractivity contribution < 1.29 is 19.4 Å². The molecular weight excluding hydrogens is 332 g/mol. The van der Waals surface area contributed by atoms with Gasteiger partial charge in [0.25, 0.3) is 5.91 Å². The Morgan fingerprint density at radius 2 is 1.88 bits per heavy atom. The average Bonchev–Trinajstić information content (AvgIpc) is 2.68. The molecule has 0 radical (unpaired) electrons. The Hall–Kier alpha value is -2.34. The van der Waals surface area contributed by atoms with E-state index in [1.54, 1.807) is 11.0 Å². The predicted molar refractivity (Wildman–Crippen MR) is 99.5 cm³/mol. The van der Waals surface area contributed by atoms with Crippen molar-refractivity contribution in [2.24, 2.45) is 5.41 Å². The van der Waals surface area contributed by atoms with E-state index in [2.05, 4.69) is 11.5 Å². The Morgan fingerprint density at radius 3 is 2.50 bits per heavy atom. The summed E-state index contributed by atoms with van der Waals surface area (Å²) in [5.41, 5.74) is 0.764. The van der Waals surface area contributed by atoms with Gasteiger partial charge in [0, 0.05) is 37.4 Å². The van der Waals surface area contributed by atoms with Crippen LogP contribution in [0.4, 0.5) is 5.69 Å². The third-order valence-corrected chi connectivity index (χ3v) is 5.34. The van der Waals surface area contributed by atoms with E-state index < -0.39 is 11.4 Å². The van der Waals surface area contributed by atoms with E-state index in [0.29, 0.717) is 31.4 Å². The average molecular weight is 358 g/mol. The molecule has 3 rings (SSSR count). The van der Waals surface area contributed by atoms with Crippen LogP contribution in [0.5, 0.6) is 0 Å². The number of carbonyl (C=O) groups excluding carboxylic acids is 1. The van der Waals surface area contributed by atoms with Gasteiger partial charge < -0.3 is 19.6 Å². The monoisotopic (exact) mass is 358 g/mol. The zero-order valence-corrected chi connectivity index (χ0v) is 15.0. The molecule has 1 amide bonds. The summed E-state index contributed by atoms with van der Waals surface area (Å²) in [7, 11) is 0. The summed E-state index contributed by atoms with van der Waals surface area (Å²) in [5.74, 6) is -0.953. The van der Waals surface area contributed by atoms with E-state index in [9.17, 15) is 14.7 Å². The summed E-state index contributed by atoms with van der Waals surface area (Å²) in [6.07, 6.45) is 3.28. The van der Waals surface area contributed by atoms with Gasteiger partial charge in [-0.05, 0) is 43.5 Å². The fourth-order valence-electron chi connectivity index (χ4n) is 3.83. The standard InChI is InChI=1S/C20H26N2O4/c1-2-8-20(19(24)25)9-3-10-22(15-20)18(23)16-4-6-17(7-5-16)21-11-13-26-14-12-21/h2,4-7H,1,3,8-15H2,(H,24,25). The van der Waals surface area contributed by atoms with Gasteiger partial charge in [-0.2, -0.15) is 0 Å². The first-order valence-corrected chi connectivity index (χ1v) is 9.12. The van der Waals surface area contributed by atoms with Crippen LogP contribution in [0, 0.1) is 5.41 Å². The third kappa shape index (κ3) is 3.75. The van der Waals surface area contributed by atoms with Crippen LogP contribution in [-0.2, 0) is 9.53 Å². The van der Waals surface area contributed by atoms with Gasteiger partial charge in [0.2, 0.25) is 0 Å². The maximum atomic E-state index is 12.9. The molecular formula is C20H26N2O4. The number of rotatable bonds is 5. The molecule has 0 spiro atoms. The Morgan fingerprint density at radius 1 is 1.19 bits per heavy atom. The van der Waals surface area contributed by atoms with Crippen LogP contribution in [0.3, 0.4) is 0 Å². The Balaban J connectivity index is 1.71. The number of carboxylic acid groups (broad SMARTS) is 1. The van der Waals surface area contributed by atoms with E-state index in [-0.39, 0.29) is 12.5 Å². The number of allylic oxidation sites excluding steroid dienone is 1. The number of benzene rings is 1. The van der Waals surface area contributed by atoms with Crippen molar-refractivity contribution in [3.63, 3.8) is 0 Å². The number of hydrogen-bond donors (Lipinski definition) is 1. The highest BCUT2D eigenvalue weighted by atomic mass is 16.5. The van der Waals surface area contributed by atoms with Gasteiger partial charge in [-0.1, -0.05) is 6.08 Å². The maximum Gasteiger partial charge on any atom is 0.311 e. The smallest absolute Gasteiger partial charge is 0.311 e. The summed E-state index contributed by atoms with van der Waals surface area (Å²) >= 11 is 0. The SMILES string of the molecule is C=CCC1(C(=O)O)CCCN(C(=O)c2ccc(N3CCOCC3)cc2)C1. The van der Waals surface area contributed by atoms with Crippen molar-refractivity contribution in [1.29, 1.82) is 0 Å². The van der Waals surface area contributed by atoms with E-state index in [4.69, 9.17) is 4.74 Å². The summed E-state index contributed by atoms with van der Waals surface area (Å²) in [6.45, 7) is 7.65. The number of ether oxygens (including phenoxy) is 1. The normalized spacial score (nSPS) is 23.5. The van der Waals surface area contributed by atoms with Crippen molar-refractivity contribution in [2.75, 3.05) is 44.3 Å². The van der Waals surface area contributed by atoms with Gasteiger partial charge in [-0.3, -0.25) is 9.59 Å². The second-order valence-corrected chi connectivity index (χ2v) is 7.05. The Kier molecular flexibility index (Phi) is 5.61. The molecule has 0 bridgehead atoms. The van der Waals surface area contributed by atoms with Gasteiger partial charge in [-0.15, -0.1) is 6.58 Å². The first-order chi connectivity index (χ1) is 12.6. The molecule has 2 heterocycles. The number of piperidine rings is 1. The number of hydrogen-bond acceptors (Lipinski definition) is 4. The largest absolute Gasteiger partial charge is 0.481 e. The van der Waals surface area contributed by atoms with Crippen LogP contribution in [-0.4, -0.2) is 61.3 Å². The molecule has 2 saturated heterocycles. The van der Waals surface area contributed by atoms with Crippen molar-refractivity contribution in [3.8, 4) is 0 Å². The van der Waals surface area contributed by atoms with Gasteiger partial charge in [0.05, 0.1) is 18.6 Å². The molecule has 1 N–H and O–H groups in total. The predicted octanol–water partition coefficient (Wildman–Crippen LogP) is 2.41. The summed E-state index contributed by atoms with van der Waals surface area (Å²) in [4.78, 5) is 28.6. The first kappa shape index (κ1) is 18.5. The topological polar surface area (TPSA) is 70.1 Å². The second kappa shape index (κ2) is 7.91. The molecule has 2 aliphatic rings. The molecule has 1 unspecified atom stereocenters. The minimum atomic E-state index is -0.913. The van der Waals surface area contributed by atoms with Crippen LogP contribution in [0.1, 0.15) is 29.6 Å². The zero-order chi connectivity index (χ0) is 18.6. The molecule has 1 aromatic carbocycles. The van der Waals surface area contributed by atoms with Gasteiger partial charge in [0.15, 0.2) is 0 Å². The van der Waals surface area contributed by atoms with Crippen LogP contribution in [0.2, 0.25) is 0 Å². The summed E-state index contributed by atoms with van der Waals surface area (Å²) in [6, 6.07) is 7.57. The number of aliphatic carboxylic acids is 1. The van der Waals surface area contributed by atoms with Crippen LogP contribution in [0.25, 0.3) is 0 Å². The van der Waals surface area contributed by atoms with Crippen LogP contribution >= 0.6 is 0 Å². The molecule has 6 heteroatoms. The quantitative estimate of drug-likeness (QED) is 0.819. The van der Waals surface area contributed by atoms with Crippen molar-refractivity contribution >= 4 is 17.6 Å². The highest BCUT2D eigenvalue weighted by Crippen LogP contribution is 2.35. The molecule has 0 aliphatic carbocycles. The highest BCUT2D eigenvalue weighted by molar-refractivity contribution is 5.95. The Bertz CT molecular complexity index is 667. The van der Waals surface area contributed by atoms with Crippen molar-refractivity contribution in [3.05, 3.63) is 42.5 Å². The van der Waals surface area contributed by atoms with Gasteiger partial charge in [0.1, 0.15) is 0 Å². The minimum Gasteiger partial charge on any atom is -0.481 e. The summed E-state index contributed by atoms with van der Waals surface area (Å²) in [5, 5.41) is 9.67. The molecule has 0 aromatic heterocycles. The molecule has 140 valence electrons. The van der Waals surface area contributed by atoms with E-state index in [0.717, 1.165) is 32.0 Å². The molecule has 1 atom stereocenters. The highest BCUT2D eigenvalue weighted by Gasteiger charge is 2.42. The fraction of sp³-hybridized carbons (Fsp3) is 0.500. The van der Waals surface area contributed by atoms with Crippen molar-refractivity contribution in [1.82, 2.24) is 4.90 Å². The lowest BCUT2D eigenvalue weighted by Crippen LogP contribution is -2.49. The van der Waals surface area contributed by atoms with Gasteiger partial charge >= 0.3 is 5.97 Å². The Labute approximate surface area is 154 Å². The second-order valence-electron chi connectivity index (χ2n) is 7.05. The van der Waals surface area contributed by atoms with Crippen LogP contribution in [0.15, 0.2) is 36.9 Å². The lowest BCUT2D eigenvalue weighted by Gasteiger charge is -2.39. The number of carboxylic acids is 1. The molecule has 2 aliphatic heterocycles. The number of carbonyl (C=O) groups is 2. The molecule has 6 nitrogen and oxygen atoms in total. The number of nitrogens with zero attached hydrogens (tertiary/aromatic N) is 2. The number of amides is 1. The van der Waals surface area contributed by atoms with E-state index >= 15 is 0 Å². The molecule has 1 aromatic rings. The minimum absolute atomic E-state index is 0.104. The number of likely N-dealkylation sites (tertiary alicyclic amines) is 1. The zero-order valence-electron chi connectivity index (χ0n) is 15.0. The van der Waals surface area contributed by atoms with E-state index in [1.165, 1.54) is 0 Å². The first-order valence-electron chi connectivity index (χ1n) is 9.12. The third-order valence-electron chi connectivity index (χ3n) is 5.34. The lowest BCUT2D eigenvalue weighted by molar-refractivity contribution is -0.151. The molecule has 2 fully saturated rings. The molecule has 26 heavy (non-hydrogen) atoms. The summed E-state index contributed by atoms with van der Waals surface area (Å²) < 4.78 is 5.36. The lowest BCUT2D eigenvalue weighted by atomic mass is 9.77. The van der Waals surface area contributed by atoms with Gasteiger partial charge in [-0.25, -0.2) is 0 Å². The molecule has 0 saturated carbocycles. The fourth-order valence-corrected chi connectivity index (χ4v) is 3.83. The van der Waals surface area contributed by atoms with E-state index in [1.807, 2.05) is 24.3 Å².